The summed E-state index contributed by atoms with van der Waals surface area (Å²) in [6, 6.07) is -0.604. The summed E-state index contributed by atoms with van der Waals surface area (Å²) in [7, 11) is 0. The van der Waals surface area contributed by atoms with E-state index in [2.05, 4.69) is 19.1 Å². The maximum Gasteiger partial charge on any atom is 0.0491 e. The van der Waals surface area contributed by atoms with Gasteiger partial charge in [-0.25, -0.2) is 0 Å². The van der Waals surface area contributed by atoms with Gasteiger partial charge in [-0.3, -0.25) is 0 Å². The Kier molecular flexibility index (Phi) is 15.9. The Hall–Kier alpha value is -0.940. The van der Waals surface area contributed by atoms with E-state index in [1.807, 2.05) is 6.08 Å². The molecule has 0 saturated carbocycles. The van der Waals surface area contributed by atoms with E-state index in [9.17, 15) is 0 Å². The summed E-state index contributed by atoms with van der Waals surface area (Å²) in [5.41, 5.74) is 28.8. The molecule has 0 aromatic carbocycles. The minimum Gasteiger partial charge on any atom is -0.323 e. The molecule has 0 aromatic rings. The lowest BCUT2D eigenvalue weighted by molar-refractivity contribution is 0.522. The standard InChI is InChI=1S/C31H58N4/c1-2-3-4-5-6-7-8-9-10-11-12-13-14-15-16-17-18-19-20-21-25-24-28(33)30(34)26-22-23-27(32)31(35)29(25)26/h22-24,27-28,30-31H,2-21,32-35H2,1H3. The third-order valence-corrected chi connectivity index (χ3v) is 8.12. The highest BCUT2D eigenvalue weighted by Crippen LogP contribution is 2.34. The molecule has 4 unspecified atom stereocenters. The van der Waals surface area contributed by atoms with Crippen molar-refractivity contribution in [2.24, 2.45) is 22.9 Å². The summed E-state index contributed by atoms with van der Waals surface area (Å²) < 4.78 is 0. The monoisotopic (exact) mass is 486 g/mol. The summed E-state index contributed by atoms with van der Waals surface area (Å²) in [4.78, 5) is 0. The van der Waals surface area contributed by atoms with Crippen LogP contribution in [0.5, 0.6) is 0 Å². The Balaban J connectivity index is 1.42. The van der Waals surface area contributed by atoms with Crippen molar-refractivity contribution in [3.63, 3.8) is 0 Å². The van der Waals surface area contributed by atoms with Gasteiger partial charge in [0.05, 0.1) is 0 Å². The zero-order valence-corrected chi connectivity index (χ0v) is 23.0. The van der Waals surface area contributed by atoms with Gasteiger partial charge in [0.15, 0.2) is 0 Å². The number of hydrogen-bond acceptors (Lipinski definition) is 4. The molecule has 0 bridgehead atoms. The zero-order valence-electron chi connectivity index (χ0n) is 23.0. The summed E-state index contributed by atoms with van der Waals surface area (Å²) in [6.07, 6.45) is 33.9. The van der Waals surface area contributed by atoms with E-state index >= 15 is 0 Å². The molecule has 0 amide bonds. The van der Waals surface area contributed by atoms with Crippen LogP contribution in [0.4, 0.5) is 0 Å². The zero-order chi connectivity index (χ0) is 25.3. The van der Waals surface area contributed by atoms with E-state index < -0.39 is 0 Å². The van der Waals surface area contributed by atoms with Gasteiger partial charge in [0, 0.05) is 24.2 Å². The molecule has 0 saturated heterocycles. The molecule has 0 aliphatic heterocycles. The molecule has 35 heavy (non-hydrogen) atoms. The maximum absolute atomic E-state index is 6.43. The predicted octanol–water partition coefficient (Wildman–Crippen LogP) is 6.92. The normalized spacial score (nSPS) is 24.1. The molecule has 4 nitrogen and oxygen atoms in total. The van der Waals surface area contributed by atoms with E-state index in [0.29, 0.717) is 0 Å². The van der Waals surface area contributed by atoms with Crippen molar-refractivity contribution in [2.75, 3.05) is 0 Å². The van der Waals surface area contributed by atoms with Crippen LogP contribution in [0.1, 0.15) is 135 Å². The quantitative estimate of drug-likeness (QED) is 0.140. The highest BCUT2D eigenvalue weighted by atomic mass is 14.8. The van der Waals surface area contributed by atoms with Crippen molar-refractivity contribution in [1.29, 1.82) is 0 Å². The van der Waals surface area contributed by atoms with Crippen molar-refractivity contribution in [3.05, 3.63) is 34.9 Å². The first-order chi connectivity index (χ1) is 17.1. The second kappa shape index (κ2) is 18.3. The molecule has 8 N–H and O–H groups in total. The van der Waals surface area contributed by atoms with Crippen LogP contribution in [0.2, 0.25) is 0 Å². The van der Waals surface area contributed by atoms with Gasteiger partial charge in [-0.1, -0.05) is 141 Å². The van der Waals surface area contributed by atoms with E-state index in [0.717, 1.165) is 17.6 Å². The fraction of sp³-hybridized carbons (Fsp3) is 0.806. The van der Waals surface area contributed by atoms with Crippen molar-refractivity contribution in [1.82, 2.24) is 0 Å². The molecule has 4 atom stereocenters. The van der Waals surface area contributed by atoms with Gasteiger partial charge in [-0.2, -0.15) is 0 Å². The first-order valence-corrected chi connectivity index (χ1v) is 15.2. The van der Waals surface area contributed by atoms with E-state index in [1.54, 1.807) is 0 Å². The lowest BCUT2D eigenvalue weighted by atomic mass is 9.76. The summed E-state index contributed by atoms with van der Waals surface area (Å²) in [5, 5.41) is 0. The van der Waals surface area contributed by atoms with Crippen LogP contribution in [-0.4, -0.2) is 24.2 Å². The lowest BCUT2D eigenvalue weighted by Crippen LogP contribution is -2.50. The maximum atomic E-state index is 6.43. The molecule has 4 heteroatoms. The Morgan fingerprint density at radius 3 is 1.43 bits per heavy atom. The molecule has 2 rings (SSSR count). The molecule has 2 aliphatic rings. The molecule has 0 fully saturated rings. The van der Waals surface area contributed by atoms with Gasteiger partial charge in [-0.15, -0.1) is 0 Å². The molecular weight excluding hydrogens is 428 g/mol. The van der Waals surface area contributed by atoms with Crippen LogP contribution in [0.25, 0.3) is 0 Å². The number of rotatable bonds is 20. The molecular formula is C31H58N4. The Bertz CT molecular complexity index is 650. The molecule has 0 aromatic heterocycles. The van der Waals surface area contributed by atoms with E-state index in [4.69, 9.17) is 22.9 Å². The van der Waals surface area contributed by atoms with Gasteiger partial charge in [0.2, 0.25) is 0 Å². The lowest BCUT2D eigenvalue weighted by Gasteiger charge is -2.36. The molecule has 202 valence electrons. The summed E-state index contributed by atoms with van der Waals surface area (Å²) in [6.45, 7) is 2.29. The van der Waals surface area contributed by atoms with Gasteiger partial charge in [-0.05, 0) is 29.6 Å². The first kappa shape index (κ1) is 30.3. The van der Waals surface area contributed by atoms with Crippen LogP contribution in [-0.2, 0) is 0 Å². The predicted molar refractivity (Wildman–Crippen MR) is 154 cm³/mol. The van der Waals surface area contributed by atoms with Gasteiger partial charge in [0.1, 0.15) is 0 Å². The Morgan fingerprint density at radius 1 is 0.543 bits per heavy atom. The van der Waals surface area contributed by atoms with Crippen LogP contribution < -0.4 is 22.9 Å². The van der Waals surface area contributed by atoms with Crippen molar-refractivity contribution >= 4 is 0 Å². The fourth-order valence-corrected chi connectivity index (χ4v) is 5.74. The van der Waals surface area contributed by atoms with Crippen LogP contribution in [0.15, 0.2) is 34.9 Å². The second-order valence-corrected chi connectivity index (χ2v) is 11.2. The van der Waals surface area contributed by atoms with Crippen molar-refractivity contribution in [3.8, 4) is 0 Å². The van der Waals surface area contributed by atoms with Crippen LogP contribution >= 0.6 is 0 Å². The van der Waals surface area contributed by atoms with Crippen LogP contribution in [0, 0.1) is 0 Å². The van der Waals surface area contributed by atoms with E-state index in [-0.39, 0.29) is 24.2 Å². The third kappa shape index (κ3) is 11.3. The fourth-order valence-electron chi connectivity index (χ4n) is 5.74. The van der Waals surface area contributed by atoms with Gasteiger partial charge < -0.3 is 22.9 Å². The van der Waals surface area contributed by atoms with Gasteiger partial charge >= 0.3 is 0 Å². The second-order valence-electron chi connectivity index (χ2n) is 11.2. The summed E-state index contributed by atoms with van der Waals surface area (Å²) >= 11 is 0. The van der Waals surface area contributed by atoms with Gasteiger partial charge in [0.25, 0.3) is 0 Å². The van der Waals surface area contributed by atoms with E-state index in [1.165, 1.54) is 128 Å². The summed E-state index contributed by atoms with van der Waals surface area (Å²) in [5.74, 6) is 0. The largest absolute Gasteiger partial charge is 0.323 e. The van der Waals surface area contributed by atoms with Crippen molar-refractivity contribution in [2.45, 2.75) is 160 Å². The Morgan fingerprint density at radius 2 is 0.971 bits per heavy atom. The average Bonchev–Trinajstić information content (AvgIpc) is 2.85. The Labute approximate surface area is 217 Å². The molecule has 0 heterocycles. The first-order valence-electron chi connectivity index (χ1n) is 15.2. The third-order valence-electron chi connectivity index (χ3n) is 8.12. The highest BCUT2D eigenvalue weighted by Gasteiger charge is 2.32. The number of unbranched alkanes of at least 4 members (excludes halogenated alkanes) is 18. The smallest absolute Gasteiger partial charge is 0.0491 e. The highest BCUT2D eigenvalue weighted by molar-refractivity contribution is 5.54. The number of nitrogens with two attached hydrogens (primary N) is 4. The minimum atomic E-state index is -0.173. The topological polar surface area (TPSA) is 104 Å². The van der Waals surface area contributed by atoms with Crippen LogP contribution in [0.3, 0.4) is 0 Å². The molecule has 0 spiro atoms. The van der Waals surface area contributed by atoms with Crippen molar-refractivity contribution < 1.29 is 0 Å². The molecule has 0 radical (unpaired) electrons. The SMILES string of the molecule is CCCCCCCCCCCCCCCCCCCCCC1=CC(N)C(N)C2=C1C(N)C(N)C=C2. The number of hydrogen-bond donors (Lipinski definition) is 4. The minimum absolute atomic E-state index is 0.129. The average molecular weight is 487 g/mol. The molecule has 2 aliphatic carbocycles.